The van der Waals surface area contributed by atoms with Gasteiger partial charge in [-0.1, -0.05) is 37.3 Å². The molecule has 1 saturated heterocycles. The summed E-state index contributed by atoms with van der Waals surface area (Å²) in [4.78, 5) is 23.3. The molecular formula is C32H35N3O3S. The second-order valence-corrected chi connectivity index (χ2v) is 11.7. The van der Waals surface area contributed by atoms with E-state index in [2.05, 4.69) is 44.9 Å². The molecule has 3 aromatic carbocycles. The number of thioether (sulfide) groups is 1. The fourth-order valence-electron chi connectivity index (χ4n) is 5.30. The number of amides is 1. The van der Waals surface area contributed by atoms with Crippen LogP contribution in [0, 0.1) is 0 Å². The van der Waals surface area contributed by atoms with Crippen molar-refractivity contribution in [3.8, 4) is 11.5 Å². The maximum Gasteiger partial charge on any atom is 0.267 e. The summed E-state index contributed by atoms with van der Waals surface area (Å²) in [6.07, 6.45) is 3.00. The van der Waals surface area contributed by atoms with E-state index in [9.17, 15) is 4.79 Å². The first-order chi connectivity index (χ1) is 18.7. The molecule has 3 aromatic rings. The second kappa shape index (κ2) is 10.8. The number of benzene rings is 3. The zero-order chi connectivity index (χ0) is 27.7. The number of para-hydroxylation sites is 1. The van der Waals surface area contributed by atoms with Crippen LogP contribution in [0.25, 0.3) is 6.08 Å². The highest BCUT2D eigenvalue weighted by Gasteiger charge is 2.36. The van der Waals surface area contributed by atoms with Crippen molar-refractivity contribution in [3.63, 3.8) is 0 Å². The molecule has 2 heterocycles. The van der Waals surface area contributed by atoms with Crippen molar-refractivity contribution >= 4 is 40.3 Å². The lowest BCUT2D eigenvalue weighted by Gasteiger charge is -2.45. The van der Waals surface area contributed by atoms with Crippen molar-refractivity contribution in [2.45, 2.75) is 45.2 Å². The van der Waals surface area contributed by atoms with Gasteiger partial charge in [-0.25, -0.2) is 4.99 Å². The van der Waals surface area contributed by atoms with E-state index < -0.39 is 0 Å². The van der Waals surface area contributed by atoms with Gasteiger partial charge in [-0.15, -0.1) is 0 Å². The van der Waals surface area contributed by atoms with E-state index in [1.807, 2.05) is 60.7 Å². The van der Waals surface area contributed by atoms with Crippen LogP contribution < -0.4 is 14.4 Å². The van der Waals surface area contributed by atoms with Gasteiger partial charge in [0, 0.05) is 29.9 Å². The van der Waals surface area contributed by atoms with Gasteiger partial charge in [0.15, 0.2) is 5.17 Å². The molecule has 2 aliphatic heterocycles. The minimum atomic E-state index is -0.0726. The fraction of sp³-hybridized carbons (Fsp3) is 0.312. The summed E-state index contributed by atoms with van der Waals surface area (Å²) >= 11 is 1.40. The van der Waals surface area contributed by atoms with Crippen molar-refractivity contribution in [2.75, 3.05) is 26.2 Å². The number of hydrogen-bond acceptors (Lipinski definition) is 6. The Labute approximate surface area is 235 Å². The van der Waals surface area contributed by atoms with Crippen LogP contribution in [0.5, 0.6) is 11.5 Å². The Morgan fingerprint density at radius 2 is 1.77 bits per heavy atom. The molecule has 0 bridgehead atoms. The SMILES string of the molecule is COc1ccc(CN2C(=O)/C(=C\c3cc4c(cc3OC)N(C)C(C)(C)CC4C)SC2=Nc2ccccc2)cc1. The average molecular weight is 542 g/mol. The molecule has 7 heteroatoms. The van der Waals surface area contributed by atoms with Gasteiger partial charge in [0.1, 0.15) is 11.5 Å². The number of fused-ring (bicyclic) bond motifs is 1. The first kappa shape index (κ1) is 26.9. The molecule has 0 saturated carbocycles. The number of amidine groups is 1. The Bertz CT molecular complexity index is 1430. The minimum absolute atomic E-state index is 0.0550. The number of hydrogen-bond donors (Lipinski definition) is 0. The monoisotopic (exact) mass is 541 g/mol. The molecular weight excluding hydrogens is 506 g/mol. The van der Waals surface area contributed by atoms with Gasteiger partial charge < -0.3 is 14.4 Å². The van der Waals surface area contributed by atoms with E-state index in [4.69, 9.17) is 14.5 Å². The van der Waals surface area contributed by atoms with Crippen LogP contribution in [0.3, 0.4) is 0 Å². The summed E-state index contributed by atoms with van der Waals surface area (Å²) < 4.78 is 11.1. The molecule has 1 fully saturated rings. The maximum absolute atomic E-state index is 13.8. The molecule has 5 rings (SSSR count). The quantitative estimate of drug-likeness (QED) is 0.308. The Kier molecular flexibility index (Phi) is 7.45. The summed E-state index contributed by atoms with van der Waals surface area (Å²) in [7, 11) is 5.47. The highest BCUT2D eigenvalue weighted by Crippen LogP contribution is 2.46. The molecule has 0 spiro atoms. The Morgan fingerprint density at radius 3 is 2.44 bits per heavy atom. The number of rotatable bonds is 6. The summed E-state index contributed by atoms with van der Waals surface area (Å²) in [5.41, 5.74) is 5.21. The summed E-state index contributed by atoms with van der Waals surface area (Å²) in [5, 5.41) is 0.653. The second-order valence-electron chi connectivity index (χ2n) is 10.7. The molecule has 202 valence electrons. The van der Waals surface area contributed by atoms with Crippen LogP contribution in [0.1, 0.15) is 49.8 Å². The molecule has 1 unspecified atom stereocenters. The number of carbonyl (C=O) groups excluding carboxylic acids is 1. The normalized spacial score (nSPS) is 20.5. The highest BCUT2D eigenvalue weighted by molar-refractivity contribution is 8.18. The third-order valence-corrected chi connectivity index (χ3v) is 8.65. The van der Waals surface area contributed by atoms with E-state index in [0.717, 1.165) is 34.7 Å². The van der Waals surface area contributed by atoms with Crippen LogP contribution in [-0.2, 0) is 11.3 Å². The number of carbonyl (C=O) groups is 1. The first-order valence-electron chi connectivity index (χ1n) is 13.1. The predicted octanol–water partition coefficient (Wildman–Crippen LogP) is 7.23. The third-order valence-electron chi connectivity index (χ3n) is 7.64. The largest absolute Gasteiger partial charge is 0.497 e. The van der Waals surface area contributed by atoms with E-state index in [0.29, 0.717) is 22.5 Å². The molecule has 2 aliphatic rings. The Balaban J connectivity index is 1.54. The van der Waals surface area contributed by atoms with Gasteiger partial charge in [-0.05, 0) is 85.5 Å². The van der Waals surface area contributed by atoms with Crippen LogP contribution >= 0.6 is 11.8 Å². The van der Waals surface area contributed by atoms with Crippen molar-refractivity contribution in [1.82, 2.24) is 4.90 Å². The molecule has 1 atom stereocenters. The van der Waals surface area contributed by atoms with Crippen LogP contribution in [0.2, 0.25) is 0 Å². The Morgan fingerprint density at radius 1 is 1.05 bits per heavy atom. The molecule has 0 aromatic heterocycles. The summed E-state index contributed by atoms with van der Waals surface area (Å²) in [5.74, 6) is 1.85. The lowest BCUT2D eigenvalue weighted by Crippen LogP contribution is -2.45. The zero-order valence-corrected chi connectivity index (χ0v) is 24.2. The summed E-state index contributed by atoms with van der Waals surface area (Å²) in [6.45, 7) is 7.23. The Hall–Kier alpha value is -3.71. The minimum Gasteiger partial charge on any atom is -0.497 e. The molecule has 1 amide bonds. The third kappa shape index (κ3) is 5.41. The fourth-order valence-corrected chi connectivity index (χ4v) is 6.29. The number of ether oxygens (including phenoxy) is 2. The van der Waals surface area contributed by atoms with Crippen LogP contribution in [0.15, 0.2) is 76.6 Å². The van der Waals surface area contributed by atoms with E-state index in [1.165, 1.54) is 23.0 Å². The molecule has 0 N–H and O–H groups in total. The first-order valence-corrected chi connectivity index (χ1v) is 14.0. The van der Waals surface area contributed by atoms with E-state index >= 15 is 0 Å². The highest BCUT2D eigenvalue weighted by atomic mass is 32.2. The molecule has 0 radical (unpaired) electrons. The average Bonchev–Trinajstić information content (AvgIpc) is 3.21. The number of anilines is 1. The molecule has 0 aliphatic carbocycles. The van der Waals surface area contributed by atoms with E-state index in [1.54, 1.807) is 19.1 Å². The van der Waals surface area contributed by atoms with Crippen molar-refractivity contribution in [2.24, 2.45) is 4.99 Å². The smallest absolute Gasteiger partial charge is 0.267 e. The van der Waals surface area contributed by atoms with Crippen LogP contribution in [0.4, 0.5) is 11.4 Å². The number of methoxy groups -OCH3 is 2. The van der Waals surface area contributed by atoms with Crippen molar-refractivity contribution < 1.29 is 14.3 Å². The topological polar surface area (TPSA) is 54.4 Å². The van der Waals surface area contributed by atoms with Gasteiger partial charge in [0.2, 0.25) is 0 Å². The van der Waals surface area contributed by atoms with E-state index in [-0.39, 0.29) is 11.4 Å². The lowest BCUT2D eigenvalue weighted by molar-refractivity contribution is -0.122. The maximum atomic E-state index is 13.8. The van der Waals surface area contributed by atoms with Gasteiger partial charge >= 0.3 is 0 Å². The lowest BCUT2D eigenvalue weighted by atomic mass is 9.80. The van der Waals surface area contributed by atoms with Crippen LogP contribution in [-0.4, -0.2) is 42.8 Å². The van der Waals surface area contributed by atoms with Crippen molar-refractivity contribution in [3.05, 3.63) is 88.3 Å². The molecule has 39 heavy (non-hydrogen) atoms. The molecule has 6 nitrogen and oxygen atoms in total. The number of nitrogens with zero attached hydrogens (tertiary/aromatic N) is 3. The standard InChI is InChI=1S/C32H35N3O3S/c1-21-19-32(2,3)34(4)27-18-28(38-6)23(16-26(21)27)17-29-30(36)35(20-22-12-14-25(37-5)15-13-22)31(39-29)33-24-10-8-7-9-11-24/h7-18,21H,19-20H2,1-6H3/b29-17+,33-31?. The van der Waals surface area contributed by atoms with Crippen molar-refractivity contribution in [1.29, 1.82) is 0 Å². The van der Waals surface area contributed by atoms with Gasteiger partial charge in [0.25, 0.3) is 5.91 Å². The summed E-state index contributed by atoms with van der Waals surface area (Å²) in [6, 6.07) is 21.8. The van der Waals surface area contributed by atoms with Gasteiger partial charge in [0.05, 0.1) is 31.4 Å². The van der Waals surface area contributed by atoms with Gasteiger partial charge in [-0.3, -0.25) is 9.69 Å². The number of aliphatic imine (C=N–C) groups is 1. The predicted molar refractivity (Wildman–Crippen MR) is 161 cm³/mol. The zero-order valence-electron chi connectivity index (χ0n) is 23.4. The van der Waals surface area contributed by atoms with Gasteiger partial charge in [-0.2, -0.15) is 0 Å².